The largest absolute Gasteiger partial charge is 0.507 e. The van der Waals surface area contributed by atoms with E-state index in [0.717, 1.165) is 10.8 Å². The van der Waals surface area contributed by atoms with Crippen LogP contribution in [0.3, 0.4) is 0 Å². The predicted molar refractivity (Wildman–Crippen MR) is 101 cm³/mol. The first-order chi connectivity index (χ1) is 12.6. The van der Waals surface area contributed by atoms with Crippen molar-refractivity contribution in [3.05, 3.63) is 76.8 Å². The van der Waals surface area contributed by atoms with Crippen LogP contribution in [0, 0.1) is 10.6 Å². The van der Waals surface area contributed by atoms with E-state index in [1.165, 1.54) is 17.0 Å². The minimum Gasteiger partial charge on any atom is -0.507 e. The lowest BCUT2D eigenvalue weighted by Gasteiger charge is -2.05. The molecule has 2 N–H and O–H groups in total. The van der Waals surface area contributed by atoms with E-state index in [1.54, 1.807) is 24.3 Å². The fraction of sp³-hybridized carbons (Fsp3) is 0. The number of phenolic OH excluding ortho intramolecular Hbond substituents is 1. The van der Waals surface area contributed by atoms with Gasteiger partial charge in [0.05, 0.1) is 11.8 Å². The van der Waals surface area contributed by atoms with E-state index in [-0.39, 0.29) is 21.9 Å². The lowest BCUT2D eigenvalue weighted by Crippen LogP contribution is -1.97. The normalized spacial score (nSPS) is 11.4. The highest BCUT2D eigenvalue weighted by Gasteiger charge is 2.12. The van der Waals surface area contributed by atoms with Gasteiger partial charge in [-0.2, -0.15) is 14.9 Å². The number of hydrogen-bond acceptors (Lipinski definition) is 4. The molecule has 0 aliphatic carbocycles. The molecule has 128 valence electrons. The van der Waals surface area contributed by atoms with Crippen LogP contribution in [-0.2, 0) is 0 Å². The van der Waals surface area contributed by atoms with Crippen LogP contribution in [0.4, 0.5) is 4.39 Å². The fourth-order valence-corrected chi connectivity index (χ4v) is 2.93. The lowest BCUT2D eigenvalue weighted by molar-refractivity contribution is 0.475. The molecule has 0 aliphatic heterocycles. The summed E-state index contributed by atoms with van der Waals surface area (Å²) in [4.78, 5) is 0. The number of benzene rings is 3. The third-order valence-electron chi connectivity index (χ3n) is 4.02. The Morgan fingerprint density at radius 3 is 2.69 bits per heavy atom. The molecule has 1 aromatic heterocycles. The average Bonchev–Trinajstić information content (AvgIpc) is 3.02. The smallest absolute Gasteiger partial charge is 0.216 e. The van der Waals surface area contributed by atoms with Crippen molar-refractivity contribution in [2.75, 3.05) is 0 Å². The standard InChI is InChI=1S/C19H13FN4OS/c20-16-8-4-3-7-14(16)18-22-23-19(26)24(18)21-11-15-13-6-2-1-5-12(13)9-10-17(15)25/h1-11,25H,(H,23,26)/b21-11-. The molecule has 0 atom stereocenters. The van der Waals surface area contributed by atoms with Gasteiger partial charge in [-0.05, 0) is 41.2 Å². The Labute approximate surface area is 153 Å². The van der Waals surface area contributed by atoms with E-state index >= 15 is 0 Å². The van der Waals surface area contributed by atoms with Crippen molar-refractivity contribution in [3.63, 3.8) is 0 Å². The van der Waals surface area contributed by atoms with Crippen molar-refractivity contribution < 1.29 is 9.50 Å². The third-order valence-corrected chi connectivity index (χ3v) is 4.28. The predicted octanol–water partition coefficient (Wildman–Crippen LogP) is 4.49. The zero-order chi connectivity index (χ0) is 18.1. The summed E-state index contributed by atoms with van der Waals surface area (Å²) in [5.41, 5.74) is 0.824. The van der Waals surface area contributed by atoms with Gasteiger partial charge in [0.2, 0.25) is 4.77 Å². The molecular formula is C19H13FN4OS. The fourth-order valence-electron chi connectivity index (χ4n) is 2.75. The summed E-state index contributed by atoms with van der Waals surface area (Å²) < 4.78 is 15.7. The number of rotatable bonds is 3. The van der Waals surface area contributed by atoms with Crippen LogP contribution in [0.5, 0.6) is 5.75 Å². The first-order valence-corrected chi connectivity index (χ1v) is 8.23. The van der Waals surface area contributed by atoms with Gasteiger partial charge in [-0.25, -0.2) is 9.49 Å². The Hall–Kier alpha value is -3.32. The van der Waals surface area contributed by atoms with Gasteiger partial charge in [-0.3, -0.25) is 0 Å². The molecular weight excluding hydrogens is 351 g/mol. The van der Waals surface area contributed by atoms with Gasteiger partial charge in [0, 0.05) is 5.56 Å². The number of halogens is 1. The van der Waals surface area contributed by atoms with Crippen LogP contribution in [-0.4, -0.2) is 26.2 Å². The number of phenols is 1. The summed E-state index contributed by atoms with van der Waals surface area (Å²) in [5, 5.41) is 23.1. The maximum Gasteiger partial charge on any atom is 0.216 e. The number of H-pyrrole nitrogens is 1. The molecule has 0 amide bonds. The molecule has 0 bridgehead atoms. The van der Waals surface area contributed by atoms with Crippen LogP contribution in [0.2, 0.25) is 0 Å². The minimum atomic E-state index is -0.425. The molecule has 3 aromatic carbocycles. The monoisotopic (exact) mass is 364 g/mol. The zero-order valence-corrected chi connectivity index (χ0v) is 14.2. The number of aromatic nitrogens is 3. The molecule has 0 fully saturated rings. The first-order valence-electron chi connectivity index (χ1n) is 7.82. The van der Waals surface area contributed by atoms with Crippen molar-refractivity contribution in [1.29, 1.82) is 0 Å². The molecule has 0 unspecified atom stereocenters. The molecule has 7 heteroatoms. The second-order valence-corrected chi connectivity index (χ2v) is 5.99. The van der Waals surface area contributed by atoms with Gasteiger partial charge in [-0.1, -0.05) is 42.5 Å². The van der Waals surface area contributed by atoms with Crippen LogP contribution in [0.15, 0.2) is 65.8 Å². The van der Waals surface area contributed by atoms with E-state index in [0.29, 0.717) is 5.56 Å². The van der Waals surface area contributed by atoms with Gasteiger partial charge in [0.1, 0.15) is 11.6 Å². The van der Waals surface area contributed by atoms with Crippen LogP contribution < -0.4 is 0 Å². The number of aromatic amines is 1. The number of nitrogens with zero attached hydrogens (tertiary/aromatic N) is 3. The van der Waals surface area contributed by atoms with Crippen molar-refractivity contribution in [3.8, 4) is 17.1 Å². The molecule has 1 heterocycles. The molecule has 4 rings (SSSR count). The van der Waals surface area contributed by atoms with Crippen LogP contribution >= 0.6 is 12.2 Å². The van der Waals surface area contributed by atoms with Crippen molar-refractivity contribution >= 4 is 29.2 Å². The second-order valence-electron chi connectivity index (χ2n) is 5.61. The molecule has 4 aromatic rings. The average molecular weight is 364 g/mol. The van der Waals surface area contributed by atoms with Gasteiger partial charge < -0.3 is 5.11 Å². The maximum absolute atomic E-state index is 14.1. The van der Waals surface area contributed by atoms with Gasteiger partial charge in [0.15, 0.2) is 5.82 Å². The Bertz CT molecular complexity index is 1200. The van der Waals surface area contributed by atoms with E-state index < -0.39 is 5.82 Å². The van der Waals surface area contributed by atoms with Crippen molar-refractivity contribution in [1.82, 2.24) is 14.9 Å². The summed E-state index contributed by atoms with van der Waals surface area (Å²) in [5.74, 6) is -0.0788. The quantitative estimate of drug-likeness (QED) is 0.416. The topological polar surface area (TPSA) is 66.2 Å². The lowest BCUT2D eigenvalue weighted by atomic mass is 10.0. The summed E-state index contributed by atoms with van der Waals surface area (Å²) in [7, 11) is 0. The summed E-state index contributed by atoms with van der Waals surface area (Å²) in [6.45, 7) is 0. The second kappa shape index (κ2) is 6.53. The number of fused-ring (bicyclic) bond motifs is 1. The zero-order valence-electron chi connectivity index (χ0n) is 13.4. The highest BCUT2D eigenvalue weighted by Crippen LogP contribution is 2.26. The summed E-state index contributed by atoms with van der Waals surface area (Å²) >= 11 is 5.21. The molecule has 0 aliphatic rings. The number of aromatic hydroxyl groups is 1. The Balaban J connectivity index is 1.85. The highest BCUT2D eigenvalue weighted by atomic mass is 32.1. The molecule has 5 nitrogen and oxygen atoms in total. The van der Waals surface area contributed by atoms with Crippen LogP contribution in [0.25, 0.3) is 22.2 Å². The van der Waals surface area contributed by atoms with E-state index in [9.17, 15) is 9.50 Å². The Morgan fingerprint density at radius 1 is 1.08 bits per heavy atom. The maximum atomic E-state index is 14.1. The Morgan fingerprint density at radius 2 is 1.85 bits per heavy atom. The van der Waals surface area contributed by atoms with E-state index in [1.807, 2.05) is 30.3 Å². The first kappa shape index (κ1) is 16.2. The molecule has 0 saturated carbocycles. The minimum absolute atomic E-state index is 0.0925. The van der Waals surface area contributed by atoms with E-state index in [2.05, 4.69) is 15.3 Å². The number of nitrogens with one attached hydrogen (secondary N) is 1. The molecule has 0 saturated heterocycles. The highest BCUT2D eigenvalue weighted by molar-refractivity contribution is 7.71. The summed E-state index contributed by atoms with van der Waals surface area (Å²) in [6, 6.07) is 17.3. The molecule has 0 spiro atoms. The van der Waals surface area contributed by atoms with Gasteiger partial charge >= 0.3 is 0 Å². The van der Waals surface area contributed by atoms with Crippen LogP contribution in [0.1, 0.15) is 5.56 Å². The van der Waals surface area contributed by atoms with Crippen molar-refractivity contribution in [2.45, 2.75) is 0 Å². The van der Waals surface area contributed by atoms with Gasteiger partial charge in [-0.15, -0.1) is 0 Å². The number of hydrogen-bond donors (Lipinski definition) is 2. The Kier molecular flexibility index (Phi) is 4.06. The third kappa shape index (κ3) is 2.78. The molecule has 26 heavy (non-hydrogen) atoms. The van der Waals surface area contributed by atoms with Crippen molar-refractivity contribution in [2.24, 2.45) is 5.10 Å². The summed E-state index contributed by atoms with van der Waals surface area (Å²) in [6.07, 6.45) is 1.49. The van der Waals surface area contributed by atoms with Gasteiger partial charge in [0.25, 0.3) is 0 Å². The SMILES string of the molecule is Oc1ccc2ccccc2c1/C=N\n1c(-c2ccccc2F)n[nH]c1=S. The molecule has 0 radical (unpaired) electrons. The van der Waals surface area contributed by atoms with E-state index in [4.69, 9.17) is 12.2 Å².